The summed E-state index contributed by atoms with van der Waals surface area (Å²) in [4.78, 5) is 24.4. The van der Waals surface area contributed by atoms with E-state index in [2.05, 4.69) is 4.98 Å². The molecule has 3 heterocycles. The van der Waals surface area contributed by atoms with Crippen molar-refractivity contribution < 1.29 is 13.2 Å². The van der Waals surface area contributed by atoms with Crippen LogP contribution in [0, 0.1) is 12.8 Å². The van der Waals surface area contributed by atoms with Gasteiger partial charge in [0.2, 0.25) is 15.9 Å². The zero-order valence-corrected chi connectivity index (χ0v) is 19.7. The number of benzene rings is 1. The van der Waals surface area contributed by atoms with E-state index >= 15 is 0 Å². The van der Waals surface area contributed by atoms with Crippen LogP contribution in [0.3, 0.4) is 0 Å². The molecule has 31 heavy (non-hydrogen) atoms. The number of hydrogen-bond acceptors (Lipinski definition) is 6. The highest BCUT2D eigenvalue weighted by atomic mass is 35.5. The van der Waals surface area contributed by atoms with Crippen molar-refractivity contribution in [1.29, 1.82) is 0 Å². The Balaban J connectivity index is 1.66. The average molecular weight is 479 g/mol. The van der Waals surface area contributed by atoms with Gasteiger partial charge in [0, 0.05) is 25.2 Å². The number of aryl methyl sites for hydroxylation is 1. The second-order valence-electron chi connectivity index (χ2n) is 7.72. The highest BCUT2D eigenvalue weighted by Crippen LogP contribution is 2.37. The van der Waals surface area contributed by atoms with Crippen molar-refractivity contribution in [2.75, 3.05) is 24.2 Å². The van der Waals surface area contributed by atoms with Crippen molar-refractivity contribution in [3.8, 4) is 0 Å². The van der Waals surface area contributed by atoms with E-state index in [4.69, 9.17) is 16.6 Å². The molecule has 0 unspecified atom stereocenters. The monoisotopic (exact) mass is 478 g/mol. The van der Waals surface area contributed by atoms with Gasteiger partial charge in [-0.1, -0.05) is 35.1 Å². The van der Waals surface area contributed by atoms with Gasteiger partial charge in [-0.25, -0.2) is 17.7 Å². The van der Waals surface area contributed by atoms with Gasteiger partial charge in [0.1, 0.15) is 0 Å². The van der Waals surface area contributed by atoms with Crippen LogP contribution in [-0.2, 0) is 21.4 Å². The van der Waals surface area contributed by atoms with E-state index in [1.54, 1.807) is 11.1 Å². The molecule has 0 saturated carbocycles. The molecular formula is C21H23ClN4O3S2. The second kappa shape index (κ2) is 8.82. The maximum atomic E-state index is 13.6. The molecule has 0 atom stereocenters. The van der Waals surface area contributed by atoms with E-state index in [0.717, 1.165) is 21.5 Å². The molecule has 1 saturated heterocycles. The number of rotatable bonds is 5. The minimum Gasteiger partial charge on any atom is -0.282 e. The smallest absolute Gasteiger partial charge is 0.232 e. The Hall–Kier alpha value is -2.07. The van der Waals surface area contributed by atoms with Gasteiger partial charge in [-0.05, 0) is 43.5 Å². The normalized spacial score (nSPS) is 16.0. The SMILES string of the molecule is Cc1ccc(Cl)c2sc(N(Cc3ccccn3)C(=O)C3CCN(S(C)(=O)=O)CC3)nc12. The van der Waals surface area contributed by atoms with Gasteiger partial charge in [-0.2, -0.15) is 0 Å². The number of amides is 1. The highest BCUT2D eigenvalue weighted by Gasteiger charge is 2.33. The van der Waals surface area contributed by atoms with Crippen LogP contribution in [0.25, 0.3) is 10.2 Å². The fraction of sp³-hybridized carbons (Fsp3) is 0.381. The number of carbonyl (C=O) groups is 1. The Kier molecular flexibility index (Phi) is 6.30. The first-order chi connectivity index (χ1) is 14.7. The van der Waals surface area contributed by atoms with Gasteiger partial charge in [0.15, 0.2) is 5.13 Å². The van der Waals surface area contributed by atoms with E-state index in [9.17, 15) is 13.2 Å². The molecule has 0 aliphatic carbocycles. The number of hydrogen-bond donors (Lipinski definition) is 0. The van der Waals surface area contributed by atoms with Gasteiger partial charge < -0.3 is 0 Å². The zero-order chi connectivity index (χ0) is 22.2. The maximum Gasteiger partial charge on any atom is 0.232 e. The number of nitrogens with zero attached hydrogens (tertiary/aromatic N) is 4. The fourth-order valence-corrected chi connectivity index (χ4v) is 5.95. The topological polar surface area (TPSA) is 83.5 Å². The quantitative estimate of drug-likeness (QED) is 0.556. The summed E-state index contributed by atoms with van der Waals surface area (Å²) < 4.78 is 25.9. The first-order valence-corrected chi connectivity index (χ1v) is 13.0. The van der Waals surface area contributed by atoms with Crippen molar-refractivity contribution in [3.05, 3.63) is 52.8 Å². The lowest BCUT2D eigenvalue weighted by Gasteiger charge is -2.32. The standard InChI is InChI=1S/C21H23ClN4O3S2/c1-14-6-7-17(22)19-18(14)24-21(30-19)26(13-16-5-3-4-10-23-16)20(27)15-8-11-25(12-9-15)31(2,28)29/h3-7,10,15H,8-9,11-13H2,1-2H3. The summed E-state index contributed by atoms with van der Waals surface area (Å²) in [6.45, 7) is 2.95. The minimum absolute atomic E-state index is 0.0633. The molecule has 0 bridgehead atoms. The van der Waals surface area contributed by atoms with Crippen molar-refractivity contribution >= 4 is 54.2 Å². The molecule has 0 N–H and O–H groups in total. The van der Waals surface area contributed by atoms with Gasteiger partial charge in [0.05, 0.1) is 33.7 Å². The Morgan fingerprint density at radius 2 is 2.00 bits per heavy atom. The van der Waals surface area contributed by atoms with Crippen LogP contribution in [-0.4, -0.2) is 47.9 Å². The molecule has 3 aromatic rings. The first kappa shape index (κ1) is 22.1. The van der Waals surface area contributed by atoms with Crippen LogP contribution in [0.4, 0.5) is 5.13 Å². The van der Waals surface area contributed by atoms with Crippen molar-refractivity contribution in [2.45, 2.75) is 26.3 Å². The molecule has 2 aromatic heterocycles. The number of halogens is 1. The predicted octanol–water partition coefficient (Wildman–Crippen LogP) is 3.86. The van der Waals surface area contributed by atoms with Gasteiger partial charge in [-0.15, -0.1) is 0 Å². The van der Waals surface area contributed by atoms with Gasteiger partial charge in [-0.3, -0.25) is 14.7 Å². The highest BCUT2D eigenvalue weighted by molar-refractivity contribution is 7.88. The number of carbonyl (C=O) groups excluding carboxylic acids is 1. The molecule has 1 aliphatic rings. The zero-order valence-electron chi connectivity index (χ0n) is 17.3. The van der Waals surface area contributed by atoms with E-state index in [1.807, 2.05) is 37.3 Å². The molecule has 4 rings (SSSR count). The van der Waals surface area contributed by atoms with E-state index in [-0.39, 0.29) is 11.8 Å². The molecule has 1 aromatic carbocycles. The Morgan fingerprint density at radius 3 is 2.61 bits per heavy atom. The number of anilines is 1. The van der Waals surface area contributed by atoms with E-state index in [0.29, 0.717) is 42.6 Å². The fourth-order valence-electron chi connectivity index (χ4n) is 3.75. The lowest BCUT2D eigenvalue weighted by Crippen LogP contribution is -2.44. The van der Waals surface area contributed by atoms with Crippen LogP contribution in [0.1, 0.15) is 24.1 Å². The summed E-state index contributed by atoms with van der Waals surface area (Å²) in [6, 6.07) is 9.34. The second-order valence-corrected chi connectivity index (χ2v) is 11.1. The first-order valence-electron chi connectivity index (χ1n) is 9.96. The summed E-state index contributed by atoms with van der Waals surface area (Å²) in [5.74, 6) is -0.336. The lowest BCUT2D eigenvalue weighted by atomic mass is 9.96. The molecule has 7 nitrogen and oxygen atoms in total. The Bertz CT molecular complexity index is 1170. The number of pyridine rings is 1. The number of aromatic nitrogens is 2. The van der Waals surface area contributed by atoms with Crippen LogP contribution in [0.2, 0.25) is 5.02 Å². The lowest BCUT2D eigenvalue weighted by molar-refractivity contribution is -0.123. The number of piperidine rings is 1. The van der Waals surface area contributed by atoms with Crippen LogP contribution < -0.4 is 4.90 Å². The van der Waals surface area contributed by atoms with Crippen LogP contribution in [0.5, 0.6) is 0 Å². The van der Waals surface area contributed by atoms with Gasteiger partial charge in [0.25, 0.3) is 0 Å². The Morgan fingerprint density at radius 1 is 1.26 bits per heavy atom. The van der Waals surface area contributed by atoms with E-state index < -0.39 is 10.0 Å². The number of sulfonamides is 1. The molecule has 164 valence electrons. The number of thiazole rings is 1. The van der Waals surface area contributed by atoms with Crippen molar-refractivity contribution in [1.82, 2.24) is 14.3 Å². The summed E-state index contributed by atoms with van der Waals surface area (Å²) >= 11 is 7.78. The molecule has 1 amide bonds. The molecule has 1 aliphatic heterocycles. The third-order valence-electron chi connectivity index (χ3n) is 5.50. The molecule has 10 heteroatoms. The Labute approximate surface area is 190 Å². The summed E-state index contributed by atoms with van der Waals surface area (Å²) in [5.41, 5.74) is 2.54. The number of fused-ring (bicyclic) bond motifs is 1. The molecule has 0 spiro atoms. The van der Waals surface area contributed by atoms with Crippen LogP contribution >= 0.6 is 22.9 Å². The van der Waals surface area contributed by atoms with Gasteiger partial charge >= 0.3 is 0 Å². The molecule has 1 fully saturated rings. The summed E-state index contributed by atoms with van der Waals surface area (Å²) in [5, 5.41) is 1.18. The van der Waals surface area contributed by atoms with E-state index in [1.165, 1.54) is 21.9 Å². The van der Waals surface area contributed by atoms with Crippen molar-refractivity contribution in [3.63, 3.8) is 0 Å². The van der Waals surface area contributed by atoms with Crippen LogP contribution in [0.15, 0.2) is 36.5 Å². The predicted molar refractivity (Wildman–Crippen MR) is 124 cm³/mol. The summed E-state index contributed by atoms with van der Waals surface area (Å²) in [7, 11) is -3.25. The maximum absolute atomic E-state index is 13.6. The molecular weight excluding hydrogens is 456 g/mol. The minimum atomic E-state index is -3.25. The average Bonchev–Trinajstić information content (AvgIpc) is 3.21. The summed E-state index contributed by atoms with van der Waals surface area (Å²) in [6.07, 6.45) is 3.86. The third kappa shape index (κ3) is 4.74. The molecule has 0 radical (unpaired) electrons. The third-order valence-corrected chi connectivity index (χ3v) is 8.34. The van der Waals surface area contributed by atoms with Crippen molar-refractivity contribution in [2.24, 2.45) is 5.92 Å². The largest absolute Gasteiger partial charge is 0.282 e.